The molecular formula is C6H2Br2ClI. The van der Waals surface area contributed by atoms with Crippen molar-refractivity contribution in [2.24, 2.45) is 0 Å². The van der Waals surface area contributed by atoms with Crippen molar-refractivity contribution in [3.05, 3.63) is 29.7 Å². The van der Waals surface area contributed by atoms with Crippen molar-refractivity contribution < 1.29 is 0 Å². The Morgan fingerprint density at radius 2 is 1.90 bits per heavy atom. The molecule has 0 aliphatic heterocycles. The van der Waals surface area contributed by atoms with Crippen molar-refractivity contribution in [3.63, 3.8) is 0 Å². The molecule has 1 rings (SSSR count). The van der Waals surface area contributed by atoms with Crippen molar-refractivity contribution in [2.75, 3.05) is 0 Å². The van der Waals surface area contributed by atoms with E-state index in [0.717, 1.165) is 17.5 Å². The predicted molar refractivity (Wildman–Crippen MR) is 59.6 cm³/mol. The van der Waals surface area contributed by atoms with Gasteiger partial charge in [0.05, 0.1) is 9.50 Å². The minimum absolute atomic E-state index is 0.735. The van der Waals surface area contributed by atoms with Crippen LogP contribution in [0.15, 0.2) is 21.1 Å². The lowest BCUT2D eigenvalue weighted by atomic mass is 10.4. The molecule has 0 aromatic heterocycles. The first-order valence-electron chi connectivity index (χ1n) is 2.41. The van der Waals surface area contributed by atoms with Crippen LogP contribution >= 0.6 is 66.1 Å². The molecule has 0 saturated carbocycles. The Hall–Kier alpha value is 1.20. The zero-order valence-electron chi connectivity index (χ0n) is 4.67. The highest BCUT2D eigenvalue weighted by Gasteiger charge is 2.02. The third-order valence-electron chi connectivity index (χ3n) is 0.949. The molecule has 0 unspecified atom stereocenters. The first-order chi connectivity index (χ1) is 4.61. The van der Waals surface area contributed by atoms with Gasteiger partial charge in [-0.1, -0.05) is 11.6 Å². The Balaban J connectivity index is 3.31. The maximum atomic E-state index is 5.84. The predicted octanol–water partition coefficient (Wildman–Crippen LogP) is 4.47. The lowest BCUT2D eigenvalue weighted by Crippen LogP contribution is -1.75. The zero-order chi connectivity index (χ0) is 7.72. The standard InChI is InChI=1S/C6H2Br2ClI/c7-4-1-3(10)2-5(9)6(4)8/h1-2H. The van der Waals surface area contributed by atoms with Crippen LogP contribution in [0.5, 0.6) is 0 Å². The van der Waals surface area contributed by atoms with Crippen molar-refractivity contribution >= 4 is 66.1 Å². The molecule has 0 saturated heterocycles. The highest BCUT2D eigenvalue weighted by molar-refractivity contribution is 14.1. The van der Waals surface area contributed by atoms with E-state index in [0.29, 0.717) is 0 Å². The van der Waals surface area contributed by atoms with E-state index in [4.69, 9.17) is 11.6 Å². The van der Waals surface area contributed by atoms with E-state index in [9.17, 15) is 0 Å². The average Bonchev–Trinajstić information content (AvgIpc) is 1.82. The summed E-state index contributed by atoms with van der Waals surface area (Å²) in [4.78, 5) is 0. The molecule has 4 heteroatoms. The van der Waals surface area contributed by atoms with Gasteiger partial charge in [0.25, 0.3) is 0 Å². The Bertz CT molecular complexity index is 239. The van der Waals surface area contributed by atoms with Crippen LogP contribution in [0.25, 0.3) is 0 Å². The van der Waals surface area contributed by atoms with E-state index < -0.39 is 0 Å². The molecule has 0 aliphatic carbocycles. The van der Waals surface area contributed by atoms with Crippen molar-refractivity contribution in [3.8, 4) is 0 Å². The van der Waals surface area contributed by atoms with Crippen LogP contribution in [0.2, 0.25) is 5.02 Å². The fraction of sp³-hybridized carbons (Fsp3) is 0. The molecule has 0 amide bonds. The second-order valence-corrected chi connectivity index (χ2v) is 4.98. The molecule has 1 aromatic rings. The first-order valence-corrected chi connectivity index (χ1v) is 5.45. The van der Waals surface area contributed by atoms with Crippen LogP contribution in [-0.2, 0) is 0 Å². The van der Waals surface area contributed by atoms with Gasteiger partial charge in [-0.05, 0) is 66.6 Å². The Kier molecular flexibility index (Phi) is 3.47. The summed E-state index contributed by atoms with van der Waals surface area (Å²) in [6.45, 7) is 0. The van der Waals surface area contributed by atoms with Crippen LogP contribution in [0.3, 0.4) is 0 Å². The molecule has 1 aromatic carbocycles. The molecule has 0 bridgehead atoms. The van der Waals surface area contributed by atoms with Crippen molar-refractivity contribution in [1.82, 2.24) is 0 Å². The van der Waals surface area contributed by atoms with E-state index in [2.05, 4.69) is 54.5 Å². The molecule has 0 fully saturated rings. The van der Waals surface area contributed by atoms with Gasteiger partial charge in [0, 0.05) is 8.04 Å². The molecule has 0 nitrogen and oxygen atoms in total. The minimum atomic E-state index is 0.735. The van der Waals surface area contributed by atoms with Crippen LogP contribution in [-0.4, -0.2) is 0 Å². The van der Waals surface area contributed by atoms with Gasteiger partial charge in [0.2, 0.25) is 0 Å². The molecule has 0 N–H and O–H groups in total. The van der Waals surface area contributed by atoms with Crippen LogP contribution in [0.1, 0.15) is 0 Å². The van der Waals surface area contributed by atoms with Gasteiger partial charge in [0.1, 0.15) is 0 Å². The largest absolute Gasteiger partial charge is 0.0830 e. The van der Waals surface area contributed by atoms with E-state index >= 15 is 0 Å². The monoisotopic (exact) mass is 394 g/mol. The zero-order valence-corrected chi connectivity index (χ0v) is 10.8. The lowest BCUT2D eigenvalue weighted by Gasteiger charge is -1.98. The molecular weight excluding hydrogens is 394 g/mol. The fourth-order valence-corrected chi connectivity index (χ4v) is 2.78. The number of benzene rings is 1. The van der Waals surface area contributed by atoms with Gasteiger partial charge in [-0.2, -0.15) is 0 Å². The summed E-state index contributed by atoms with van der Waals surface area (Å²) >= 11 is 14.7. The van der Waals surface area contributed by atoms with Crippen molar-refractivity contribution in [1.29, 1.82) is 0 Å². The number of halogens is 4. The maximum Gasteiger partial charge on any atom is 0.0570 e. The van der Waals surface area contributed by atoms with E-state index in [-0.39, 0.29) is 0 Å². The highest BCUT2D eigenvalue weighted by atomic mass is 127. The summed E-state index contributed by atoms with van der Waals surface area (Å²) in [5, 5.41) is 0.735. The maximum absolute atomic E-state index is 5.84. The SMILES string of the molecule is Clc1cc(I)cc(Br)c1Br. The summed E-state index contributed by atoms with van der Waals surface area (Å²) < 4.78 is 3.02. The molecule has 0 radical (unpaired) electrons. The average molecular weight is 396 g/mol. The number of hydrogen-bond acceptors (Lipinski definition) is 0. The molecule has 0 atom stereocenters. The van der Waals surface area contributed by atoms with Crippen LogP contribution < -0.4 is 0 Å². The molecule has 0 heterocycles. The third kappa shape index (κ3) is 2.09. The molecule has 54 valence electrons. The highest BCUT2D eigenvalue weighted by Crippen LogP contribution is 2.32. The van der Waals surface area contributed by atoms with E-state index in [1.807, 2.05) is 12.1 Å². The molecule has 0 aliphatic rings. The normalized spacial score (nSPS) is 10.0. The first kappa shape index (κ1) is 9.29. The molecule has 10 heavy (non-hydrogen) atoms. The summed E-state index contributed by atoms with van der Waals surface area (Å²) in [6.07, 6.45) is 0. The van der Waals surface area contributed by atoms with E-state index in [1.165, 1.54) is 0 Å². The van der Waals surface area contributed by atoms with Gasteiger partial charge < -0.3 is 0 Å². The number of rotatable bonds is 0. The van der Waals surface area contributed by atoms with Gasteiger partial charge in [-0.15, -0.1) is 0 Å². The second-order valence-electron chi connectivity index (χ2n) is 1.68. The topological polar surface area (TPSA) is 0 Å². The van der Waals surface area contributed by atoms with E-state index in [1.54, 1.807) is 0 Å². The second kappa shape index (κ2) is 3.74. The lowest BCUT2D eigenvalue weighted by molar-refractivity contribution is 1.55. The van der Waals surface area contributed by atoms with Gasteiger partial charge >= 0.3 is 0 Å². The van der Waals surface area contributed by atoms with Crippen LogP contribution in [0, 0.1) is 3.57 Å². The van der Waals surface area contributed by atoms with Gasteiger partial charge in [0.15, 0.2) is 0 Å². The summed E-state index contributed by atoms with van der Waals surface area (Å²) in [5.74, 6) is 0. The number of hydrogen-bond donors (Lipinski definition) is 0. The Labute approximate surface area is 94.7 Å². The Morgan fingerprint density at radius 1 is 1.30 bits per heavy atom. The smallest absolute Gasteiger partial charge is 0.0570 e. The van der Waals surface area contributed by atoms with Gasteiger partial charge in [-0.3, -0.25) is 0 Å². The van der Waals surface area contributed by atoms with Crippen molar-refractivity contribution in [2.45, 2.75) is 0 Å². The molecule has 0 spiro atoms. The summed E-state index contributed by atoms with van der Waals surface area (Å²) in [7, 11) is 0. The van der Waals surface area contributed by atoms with Gasteiger partial charge in [-0.25, -0.2) is 0 Å². The summed E-state index contributed by atoms with van der Waals surface area (Å²) in [6, 6.07) is 3.90. The summed E-state index contributed by atoms with van der Waals surface area (Å²) in [5.41, 5.74) is 0. The van der Waals surface area contributed by atoms with Crippen LogP contribution in [0.4, 0.5) is 0 Å². The Morgan fingerprint density at radius 3 is 2.40 bits per heavy atom. The fourth-order valence-electron chi connectivity index (χ4n) is 0.525. The minimum Gasteiger partial charge on any atom is -0.0830 e. The third-order valence-corrected chi connectivity index (χ3v) is 4.11. The quantitative estimate of drug-likeness (QED) is 0.345.